The van der Waals surface area contributed by atoms with Gasteiger partial charge in [-0.1, -0.05) is 24.1 Å². The second-order valence-electron chi connectivity index (χ2n) is 6.69. The third-order valence-corrected chi connectivity index (χ3v) is 5.96. The molecule has 1 amide bonds. The zero-order valence-corrected chi connectivity index (χ0v) is 16.3. The highest BCUT2D eigenvalue weighted by molar-refractivity contribution is 7.89. The lowest BCUT2D eigenvalue weighted by Gasteiger charge is -2.15. The van der Waals surface area contributed by atoms with Crippen molar-refractivity contribution in [3.63, 3.8) is 0 Å². The molecule has 2 N–H and O–H groups in total. The molecule has 146 valence electrons. The number of hydrogen-bond donors (Lipinski definition) is 2. The Bertz CT molecular complexity index is 990. The van der Waals surface area contributed by atoms with Gasteiger partial charge in [0, 0.05) is 17.8 Å². The minimum atomic E-state index is -3.75. The van der Waals surface area contributed by atoms with Crippen LogP contribution < -0.4 is 10.0 Å². The summed E-state index contributed by atoms with van der Waals surface area (Å²) < 4.78 is 26.7. The number of benzene rings is 2. The zero-order chi connectivity index (χ0) is 20.0. The Balaban J connectivity index is 1.71. The van der Waals surface area contributed by atoms with Crippen LogP contribution in [0.4, 0.5) is 5.69 Å². The van der Waals surface area contributed by atoms with Crippen LogP contribution >= 0.6 is 0 Å². The number of hydrogen-bond acceptors (Lipinski definition) is 4. The first-order valence-electron chi connectivity index (χ1n) is 9.14. The van der Waals surface area contributed by atoms with Gasteiger partial charge in [-0.25, -0.2) is 8.42 Å². The number of terminal acetylenes is 1. The van der Waals surface area contributed by atoms with E-state index in [2.05, 4.69) is 20.9 Å². The van der Waals surface area contributed by atoms with Crippen molar-refractivity contribution in [3.8, 4) is 12.3 Å². The zero-order valence-electron chi connectivity index (χ0n) is 15.5. The van der Waals surface area contributed by atoms with Gasteiger partial charge >= 0.3 is 0 Å². The highest BCUT2D eigenvalue weighted by Crippen LogP contribution is 2.18. The Labute approximate surface area is 166 Å². The van der Waals surface area contributed by atoms with Gasteiger partial charge in [-0.3, -0.25) is 9.69 Å². The van der Waals surface area contributed by atoms with Crippen molar-refractivity contribution in [1.82, 2.24) is 9.62 Å². The monoisotopic (exact) mass is 397 g/mol. The van der Waals surface area contributed by atoms with E-state index in [4.69, 9.17) is 6.42 Å². The summed E-state index contributed by atoms with van der Waals surface area (Å²) in [6.07, 6.45) is 7.55. The average Bonchev–Trinajstić information content (AvgIpc) is 3.20. The van der Waals surface area contributed by atoms with Gasteiger partial charge in [-0.05, 0) is 61.8 Å². The molecule has 0 bridgehead atoms. The molecule has 7 heteroatoms. The summed E-state index contributed by atoms with van der Waals surface area (Å²) in [4.78, 5) is 15.0. The molecule has 0 atom stereocenters. The quantitative estimate of drug-likeness (QED) is 0.704. The van der Waals surface area contributed by atoms with Crippen LogP contribution in [0.5, 0.6) is 0 Å². The number of sulfonamides is 1. The Morgan fingerprint density at radius 1 is 1.11 bits per heavy atom. The van der Waals surface area contributed by atoms with E-state index in [9.17, 15) is 13.2 Å². The number of rotatable bonds is 7. The number of nitrogens with one attached hydrogen (secondary N) is 2. The lowest BCUT2D eigenvalue weighted by molar-refractivity contribution is 0.102. The minimum absolute atomic E-state index is 0.00168. The molecular weight excluding hydrogens is 374 g/mol. The fraction of sp³-hybridized carbons (Fsp3) is 0.286. The summed E-state index contributed by atoms with van der Waals surface area (Å²) in [7, 11) is -3.75. The van der Waals surface area contributed by atoms with Gasteiger partial charge in [-0.2, -0.15) is 4.72 Å². The third kappa shape index (κ3) is 5.20. The van der Waals surface area contributed by atoms with Crippen LogP contribution in [-0.4, -0.2) is 38.9 Å². The Morgan fingerprint density at radius 2 is 1.86 bits per heavy atom. The number of carbonyl (C=O) groups excluding carboxylic acids is 1. The molecule has 1 saturated heterocycles. The third-order valence-electron chi connectivity index (χ3n) is 4.56. The van der Waals surface area contributed by atoms with E-state index >= 15 is 0 Å². The maximum absolute atomic E-state index is 12.6. The smallest absolute Gasteiger partial charge is 0.255 e. The minimum Gasteiger partial charge on any atom is -0.322 e. The molecule has 6 nitrogen and oxygen atoms in total. The Kier molecular flexibility index (Phi) is 6.47. The predicted octanol–water partition coefficient (Wildman–Crippen LogP) is 2.45. The first-order valence-corrected chi connectivity index (χ1v) is 10.6. The summed E-state index contributed by atoms with van der Waals surface area (Å²) >= 11 is 0. The summed E-state index contributed by atoms with van der Waals surface area (Å²) in [5, 5.41) is 2.84. The standard InChI is InChI=1S/C21H23N3O3S/c1-2-11-22-28(26,27)20-10-6-8-18(15-20)21(25)23-19-9-5-7-17(14-19)16-24-12-3-4-13-24/h1,5-10,14-15,22H,3-4,11-13,16H2,(H,23,25). The van der Waals surface area contributed by atoms with Crippen molar-refractivity contribution in [2.24, 2.45) is 0 Å². The van der Waals surface area contributed by atoms with Crippen molar-refractivity contribution in [2.45, 2.75) is 24.3 Å². The lowest BCUT2D eigenvalue weighted by Crippen LogP contribution is -2.24. The van der Waals surface area contributed by atoms with Crippen LogP contribution in [0.3, 0.4) is 0 Å². The van der Waals surface area contributed by atoms with Crippen molar-refractivity contribution in [1.29, 1.82) is 0 Å². The normalized spacial score (nSPS) is 14.5. The molecule has 2 aromatic carbocycles. The van der Waals surface area contributed by atoms with Crippen LogP contribution in [0.15, 0.2) is 53.4 Å². The number of likely N-dealkylation sites (tertiary alicyclic amines) is 1. The first-order chi connectivity index (χ1) is 13.5. The highest BCUT2D eigenvalue weighted by atomic mass is 32.2. The van der Waals surface area contributed by atoms with Crippen LogP contribution in [0, 0.1) is 12.3 Å². The molecule has 0 saturated carbocycles. The molecule has 0 radical (unpaired) electrons. The molecule has 1 aliphatic rings. The second kappa shape index (κ2) is 9.02. The van der Waals surface area contributed by atoms with Gasteiger partial charge in [0.05, 0.1) is 11.4 Å². The molecule has 0 spiro atoms. The Morgan fingerprint density at radius 3 is 2.61 bits per heavy atom. The van der Waals surface area contributed by atoms with E-state index < -0.39 is 10.0 Å². The molecule has 1 fully saturated rings. The average molecular weight is 398 g/mol. The summed E-state index contributed by atoms with van der Waals surface area (Å²) in [5.74, 6) is 1.85. The van der Waals surface area contributed by atoms with Gasteiger partial charge in [-0.15, -0.1) is 6.42 Å². The number of anilines is 1. The highest BCUT2D eigenvalue weighted by Gasteiger charge is 2.16. The van der Waals surface area contributed by atoms with E-state index in [1.54, 1.807) is 6.07 Å². The molecule has 28 heavy (non-hydrogen) atoms. The van der Waals surface area contributed by atoms with Crippen LogP contribution in [0.1, 0.15) is 28.8 Å². The lowest BCUT2D eigenvalue weighted by atomic mass is 10.1. The topological polar surface area (TPSA) is 78.5 Å². The van der Waals surface area contributed by atoms with Gasteiger partial charge in [0.2, 0.25) is 10.0 Å². The van der Waals surface area contributed by atoms with Gasteiger partial charge in [0.15, 0.2) is 0 Å². The predicted molar refractivity (Wildman–Crippen MR) is 109 cm³/mol. The molecule has 3 rings (SSSR count). The van der Waals surface area contributed by atoms with E-state index in [-0.39, 0.29) is 22.9 Å². The van der Waals surface area contributed by atoms with Crippen LogP contribution in [0.25, 0.3) is 0 Å². The molecule has 0 unspecified atom stereocenters. The van der Waals surface area contributed by atoms with E-state index in [1.165, 1.54) is 31.0 Å². The summed E-state index contributed by atoms with van der Waals surface area (Å²) in [5.41, 5.74) is 2.07. The molecular formula is C21H23N3O3S. The van der Waals surface area contributed by atoms with Crippen LogP contribution in [-0.2, 0) is 16.6 Å². The molecule has 0 aromatic heterocycles. The van der Waals surface area contributed by atoms with Crippen molar-refractivity contribution >= 4 is 21.6 Å². The molecule has 2 aromatic rings. The second-order valence-corrected chi connectivity index (χ2v) is 8.46. The van der Waals surface area contributed by atoms with Crippen molar-refractivity contribution in [2.75, 3.05) is 25.0 Å². The maximum atomic E-state index is 12.6. The fourth-order valence-corrected chi connectivity index (χ4v) is 4.15. The van der Waals surface area contributed by atoms with E-state index in [1.807, 2.05) is 24.3 Å². The van der Waals surface area contributed by atoms with Crippen LogP contribution in [0.2, 0.25) is 0 Å². The molecule has 1 aliphatic heterocycles. The van der Waals surface area contributed by atoms with Crippen molar-refractivity contribution in [3.05, 3.63) is 59.7 Å². The maximum Gasteiger partial charge on any atom is 0.255 e. The molecule has 1 heterocycles. The Hall–Kier alpha value is -2.66. The number of amides is 1. The first kappa shape index (κ1) is 20.1. The molecule has 0 aliphatic carbocycles. The SMILES string of the molecule is C#CCNS(=O)(=O)c1cccc(C(=O)Nc2cccc(CN3CCCC3)c2)c1. The summed E-state index contributed by atoms with van der Waals surface area (Å²) in [6, 6.07) is 13.6. The fourth-order valence-electron chi connectivity index (χ4n) is 3.17. The largest absolute Gasteiger partial charge is 0.322 e. The number of carbonyl (C=O) groups is 1. The van der Waals surface area contributed by atoms with Gasteiger partial charge < -0.3 is 5.32 Å². The van der Waals surface area contributed by atoms with Gasteiger partial charge in [0.1, 0.15) is 0 Å². The van der Waals surface area contributed by atoms with E-state index in [0.717, 1.165) is 25.2 Å². The van der Waals surface area contributed by atoms with Crippen molar-refractivity contribution < 1.29 is 13.2 Å². The van der Waals surface area contributed by atoms with Gasteiger partial charge in [0.25, 0.3) is 5.91 Å². The summed E-state index contributed by atoms with van der Waals surface area (Å²) in [6.45, 7) is 2.96. The number of nitrogens with zero attached hydrogens (tertiary/aromatic N) is 1. The van der Waals surface area contributed by atoms with E-state index in [0.29, 0.717) is 5.69 Å².